The van der Waals surface area contributed by atoms with E-state index >= 15 is 0 Å². The van der Waals surface area contributed by atoms with Gasteiger partial charge in [-0.05, 0) is 30.2 Å². The van der Waals surface area contributed by atoms with Gasteiger partial charge in [0, 0.05) is 28.6 Å². The maximum atomic E-state index is 6.35. The molecule has 3 aromatic rings. The number of hydrogen-bond acceptors (Lipinski definition) is 2. The van der Waals surface area contributed by atoms with E-state index in [0.717, 1.165) is 32.7 Å². The third-order valence-electron chi connectivity index (χ3n) is 3.71. The van der Waals surface area contributed by atoms with Crippen LogP contribution in [0.15, 0.2) is 54.6 Å². The molecule has 21 heavy (non-hydrogen) atoms. The zero-order valence-corrected chi connectivity index (χ0v) is 12.6. The quantitative estimate of drug-likeness (QED) is 0.776. The number of nitrogens with two attached hydrogens (primary N) is 1. The predicted molar refractivity (Wildman–Crippen MR) is 88.6 cm³/mol. The van der Waals surface area contributed by atoms with Crippen LogP contribution in [0.25, 0.3) is 10.9 Å². The Kier molecular flexibility index (Phi) is 3.91. The molecule has 1 unspecified atom stereocenters. The van der Waals surface area contributed by atoms with Crippen LogP contribution in [0.1, 0.15) is 22.9 Å². The normalized spacial score (nSPS) is 12.5. The molecule has 2 aromatic carbocycles. The highest BCUT2D eigenvalue weighted by Gasteiger charge is 2.13. The molecule has 0 radical (unpaired) electrons. The number of para-hydroxylation sites is 1. The van der Waals surface area contributed by atoms with Crippen LogP contribution in [0, 0.1) is 6.92 Å². The molecule has 0 aliphatic carbocycles. The zero-order chi connectivity index (χ0) is 14.8. The Bertz CT molecular complexity index is 783. The molecule has 2 nitrogen and oxygen atoms in total. The largest absolute Gasteiger partial charge is 0.324 e. The Labute approximate surface area is 129 Å². The van der Waals surface area contributed by atoms with Crippen molar-refractivity contribution in [1.82, 2.24) is 4.98 Å². The minimum atomic E-state index is -0.147. The number of halogens is 1. The van der Waals surface area contributed by atoms with E-state index in [1.54, 1.807) is 0 Å². The summed E-state index contributed by atoms with van der Waals surface area (Å²) in [5.41, 5.74) is 10.3. The first-order valence-corrected chi connectivity index (χ1v) is 7.38. The first-order valence-electron chi connectivity index (χ1n) is 7.00. The maximum absolute atomic E-state index is 6.35. The molecule has 106 valence electrons. The average Bonchev–Trinajstić information content (AvgIpc) is 2.50. The highest BCUT2D eigenvalue weighted by molar-refractivity contribution is 6.32. The summed E-state index contributed by atoms with van der Waals surface area (Å²) in [5.74, 6) is 0. The van der Waals surface area contributed by atoms with Gasteiger partial charge in [0.25, 0.3) is 0 Å². The Morgan fingerprint density at radius 2 is 1.86 bits per heavy atom. The fourth-order valence-corrected chi connectivity index (χ4v) is 2.78. The van der Waals surface area contributed by atoms with Gasteiger partial charge in [0.05, 0.1) is 5.52 Å². The molecule has 2 N–H and O–H groups in total. The molecular weight excluding hydrogens is 280 g/mol. The fraction of sp³-hybridized carbons (Fsp3) is 0.167. The summed E-state index contributed by atoms with van der Waals surface area (Å²) in [4.78, 5) is 4.67. The first kappa shape index (κ1) is 14.1. The summed E-state index contributed by atoms with van der Waals surface area (Å²) in [7, 11) is 0. The first-order chi connectivity index (χ1) is 10.1. The molecule has 1 aromatic heterocycles. The summed E-state index contributed by atoms with van der Waals surface area (Å²) >= 11 is 6.35. The Morgan fingerprint density at radius 1 is 1.05 bits per heavy atom. The van der Waals surface area contributed by atoms with E-state index in [9.17, 15) is 0 Å². The van der Waals surface area contributed by atoms with Crippen molar-refractivity contribution >= 4 is 22.5 Å². The molecular formula is C18H17ClN2. The van der Waals surface area contributed by atoms with Crippen LogP contribution < -0.4 is 5.73 Å². The molecule has 0 aliphatic rings. The lowest BCUT2D eigenvalue weighted by Crippen LogP contribution is -2.15. The van der Waals surface area contributed by atoms with Crippen molar-refractivity contribution in [1.29, 1.82) is 0 Å². The highest BCUT2D eigenvalue weighted by Crippen LogP contribution is 2.27. The van der Waals surface area contributed by atoms with Crippen molar-refractivity contribution in [3.05, 3.63) is 76.4 Å². The highest BCUT2D eigenvalue weighted by atomic mass is 35.5. The van der Waals surface area contributed by atoms with Gasteiger partial charge in [-0.25, -0.2) is 0 Å². The van der Waals surface area contributed by atoms with Crippen LogP contribution in [0.3, 0.4) is 0 Å². The van der Waals surface area contributed by atoms with Crippen molar-refractivity contribution in [3.8, 4) is 0 Å². The Hall–Kier alpha value is -1.90. The lowest BCUT2D eigenvalue weighted by Gasteiger charge is -2.15. The number of pyridine rings is 1. The van der Waals surface area contributed by atoms with E-state index in [1.807, 2.05) is 49.4 Å². The molecule has 0 bridgehead atoms. The molecule has 3 heteroatoms. The number of rotatable bonds is 3. The van der Waals surface area contributed by atoms with Crippen LogP contribution in [-0.2, 0) is 6.42 Å². The molecule has 0 saturated heterocycles. The zero-order valence-electron chi connectivity index (χ0n) is 11.9. The second kappa shape index (κ2) is 5.84. The maximum Gasteiger partial charge on any atom is 0.0705 e. The van der Waals surface area contributed by atoms with Gasteiger partial charge in [0.2, 0.25) is 0 Å². The van der Waals surface area contributed by atoms with Gasteiger partial charge in [-0.1, -0.05) is 54.1 Å². The number of benzene rings is 2. The van der Waals surface area contributed by atoms with Crippen molar-refractivity contribution in [2.24, 2.45) is 5.73 Å². The molecule has 0 aliphatic heterocycles. The van der Waals surface area contributed by atoms with E-state index in [2.05, 4.69) is 17.1 Å². The van der Waals surface area contributed by atoms with Crippen LogP contribution in [0.4, 0.5) is 0 Å². The van der Waals surface area contributed by atoms with Crippen LogP contribution >= 0.6 is 11.6 Å². The molecule has 0 fully saturated rings. The minimum absolute atomic E-state index is 0.147. The smallest absolute Gasteiger partial charge is 0.0705 e. The van der Waals surface area contributed by atoms with Gasteiger partial charge >= 0.3 is 0 Å². The Balaban J connectivity index is 1.89. The number of aryl methyl sites for hydroxylation is 1. The topological polar surface area (TPSA) is 38.9 Å². The third-order valence-corrected chi connectivity index (χ3v) is 4.22. The second-order valence-corrected chi connectivity index (χ2v) is 5.66. The molecule has 1 heterocycles. The SMILES string of the molecule is Cc1cccc(C(N)Cc2ccc3ccccc3n2)c1Cl. The number of nitrogens with zero attached hydrogens (tertiary/aromatic N) is 1. The lowest BCUT2D eigenvalue weighted by molar-refractivity contribution is 0.708. The third kappa shape index (κ3) is 2.92. The van der Waals surface area contributed by atoms with E-state index in [4.69, 9.17) is 17.3 Å². The van der Waals surface area contributed by atoms with Crippen molar-refractivity contribution < 1.29 is 0 Å². The summed E-state index contributed by atoms with van der Waals surface area (Å²) in [6.07, 6.45) is 0.675. The van der Waals surface area contributed by atoms with Crippen LogP contribution in [-0.4, -0.2) is 4.98 Å². The van der Waals surface area contributed by atoms with E-state index < -0.39 is 0 Å². The van der Waals surface area contributed by atoms with Gasteiger partial charge in [0.1, 0.15) is 0 Å². The van der Waals surface area contributed by atoms with E-state index in [1.165, 1.54) is 0 Å². The number of fused-ring (bicyclic) bond motifs is 1. The van der Waals surface area contributed by atoms with Crippen molar-refractivity contribution in [2.75, 3.05) is 0 Å². The van der Waals surface area contributed by atoms with Crippen LogP contribution in [0.5, 0.6) is 0 Å². The van der Waals surface area contributed by atoms with Gasteiger partial charge in [-0.15, -0.1) is 0 Å². The van der Waals surface area contributed by atoms with Gasteiger partial charge in [-0.3, -0.25) is 4.98 Å². The van der Waals surface area contributed by atoms with E-state index in [0.29, 0.717) is 6.42 Å². The minimum Gasteiger partial charge on any atom is -0.324 e. The molecule has 0 saturated carbocycles. The monoisotopic (exact) mass is 296 g/mol. The molecule has 0 amide bonds. The fourth-order valence-electron chi connectivity index (χ4n) is 2.51. The summed E-state index contributed by atoms with van der Waals surface area (Å²) < 4.78 is 0. The van der Waals surface area contributed by atoms with Crippen molar-refractivity contribution in [2.45, 2.75) is 19.4 Å². The van der Waals surface area contributed by atoms with Crippen LogP contribution in [0.2, 0.25) is 5.02 Å². The van der Waals surface area contributed by atoms with Gasteiger partial charge < -0.3 is 5.73 Å². The van der Waals surface area contributed by atoms with Gasteiger partial charge in [0.15, 0.2) is 0 Å². The number of aromatic nitrogens is 1. The summed E-state index contributed by atoms with van der Waals surface area (Å²) in [6, 6.07) is 18.0. The summed E-state index contributed by atoms with van der Waals surface area (Å²) in [5, 5.41) is 1.90. The van der Waals surface area contributed by atoms with Crippen molar-refractivity contribution in [3.63, 3.8) is 0 Å². The predicted octanol–water partition coefficient (Wildman–Crippen LogP) is 4.44. The average molecular weight is 297 g/mol. The molecule has 3 rings (SSSR count). The standard InChI is InChI=1S/C18H17ClN2/c1-12-5-4-7-15(18(12)19)16(20)11-14-10-9-13-6-2-3-8-17(13)21-14/h2-10,16H,11,20H2,1H3. The molecule has 1 atom stereocenters. The van der Waals surface area contributed by atoms with E-state index in [-0.39, 0.29) is 6.04 Å². The molecule has 0 spiro atoms. The summed E-state index contributed by atoms with van der Waals surface area (Å²) in [6.45, 7) is 1.99. The second-order valence-electron chi connectivity index (χ2n) is 5.28. The van der Waals surface area contributed by atoms with Gasteiger partial charge in [-0.2, -0.15) is 0 Å². The Morgan fingerprint density at radius 3 is 2.71 bits per heavy atom. The lowest BCUT2D eigenvalue weighted by atomic mass is 10.0. The number of hydrogen-bond donors (Lipinski definition) is 1.